The molecule has 10 heteroatoms. The highest BCUT2D eigenvalue weighted by atomic mass is 35.5. The number of hydrogen-bond acceptors (Lipinski definition) is 5. The van der Waals surface area contributed by atoms with Crippen molar-refractivity contribution in [2.24, 2.45) is 11.0 Å². The molecule has 1 saturated carbocycles. The van der Waals surface area contributed by atoms with Gasteiger partial charge in [0.05, 0.1) is 18.3 Å². The summed E-state index contributed by atoms with van der Waals surface area (Å²) < 4.78 is 0. The van der Waals surface area contributed by atoms with E-state index in [9.17, 15) is 4.79 Å². The molecule has 1 unspecified atom stereocenters. The second kappa shape index (κ2) is 9.89. The first-order valence-corrected chi connectivity index (χ1v) is 9.18. The second-order valence-corrected chi connectivity index (χ2v) is 6.98. The molecule has 4 N–H and O–H groups in total. The van der Waals surface area contributed by atoms with E-state index < -0.39 is 17.5 Å². The first-order chi connectivity index (χ1) is 12.0. The van der Waals surface area contributed by atoms with Gasteiger partial charge in [-0.05, 0) is 30.5 Å². The van der Waals surface area contributed by atoms with Crippen molar-refractivity contribution in [3.8, 4) is 0 Å². The summed E-state index contributed by atoms with van der Waals surface area (Å²) in [5.74, 6) is 5.56. The third kappa shape index (κ3) is 5.80. The summed E-state index contributed by atoms with van der Waals surface area (Å²) in [7, 11) is 0. The first kappa shape index (κ1) is 19.9. The summed E-state index contributed by atoms with van der Waals surface area (Å²) in [6.07, 6.45) is 9.85. The maximum atomic E-state index is 12.8. The van der Waals surface area contributed by atoms with Crippen LogP contribution in [-0.4, -0.2) is 35.0 Å². The number of allylic oxidation sites excluding steroid dienone is 1. The number of hydrogen-bond donors (Lipinski definition) is 3. The lowest BCUT2D eigenvalue weighted by Crippen LogP contribution is -2.53. The van der Waals surface area contributed by atoms with Crippen LogP contribution in [0.3, 0.4) is 0 Å². The Morgan fingerprint density at radius 1 is 1.48 bits per heavy atom. The summed E-state index contributed by atoms with van der Waals surface area (Å²) >= 11 is 12.0. The molecular formula is C15H23Cl2N7O. The van der Waals surface area contributed by atoms with Crippen LogP contribution in [0.4, 0.5) is 0 Å². The molecule has 0 aromatic carbocycles. The van der Waals surface area contributed by atoms with Gasteiger partial charge in [-0.2, -0.15) is 0 Å². The molecule has 25 heavy (non-hydrogen) atoms. The van der Waals surface area contributed by atoms with Gasteiger partial charge < -0.3 is 10.6 Å². The van der Waals surface area contributed by atoms with E-state index in [1.54, 1.807) is 12.2 Å². The Bertz CT molecular complexity index is 580. The number of carbonyl (C=O) groups is 1. The zero-order chi connectivity index (χ0) is 18.2. The van der Waals surface area contributed by atoms with Gasteiger partial charge in [0.25, 0.3) is 5.91 Å². The van der Waals surface area contributed by atoms with Crippen molar-refractivity contribution in [1.82, 2.24) is 15.6 Å². The molecule has 0 radical (unpaired) electrons. The molecule has 0 bridgehead atoms. The van der Waals surface area contributed by atoms with Gasteiger partial charge in [0.15, 0.2) is 0 Å². The fraction of sp³-hybridized carbons (Fsp3) is 0.667. The summed E-state index contributed by atoms with van der Waals surface area (Å²) in [4.78, 5) is 15.6. The molecule has 8 nitrogen and oxygen atoms in total. The van der Waals surface area contributed by atoms with Crippen LogP contribution in [0.5, 0.6) is 0 Å². The van der Waals surface area contributed by atoms with E-state index in [-0.39, 0.29) is 17.7 Å². The van der Waals surface area contributed by atoms with Crippen LogP contribution < -0.4 is 16.5 Å². The molecule has 0 spiro atoms. The molecule has 0 aromatic rings. The predicted molar refractivity (Wildman–Crippen MR) is 98.3 cm³/mol. The molecule has 2 atom stereocenters. The van der Waals surface area contributed by atoms with Gasteiger partial charge in [-0.1, -0.05) is 54.0 Å². The van der Waals surface area contributed by atoms with Gasteiger partial charge in [-0.25, -0.2) is 10.9 Å². The Morgan fingerprint density at radius 2 is 2.16 bits per heavy atom. The Kier molecular flexibility index (Phi) is 7.87. The average molecular weight is 388 g/mol. The van der Waals surface area contributed by atoms with Crippen molar-refractivity contribution in [3.05, 3.63) is 33.4 Å². The number of nitrogens with two attached hydrogens (primary N) is 1. The topological polar surface area (TPSA) is 119 Å². The van der Waals surface area contributed by atoms with Gasteiger partial charge in [0, 0.05) is 11.0 Å². The average Bonchev–Trinajstić information content (AvgIpc) is 2.86. The summed E-state index contributed by atoms with van der Waals surface area (Å²) in [5, 5.41) is 10.8. The highest BCUT2D eigenvalue weighted by molar-refractivity contribution is 6.31. The van der Waals surface area contributed by atoms with Crippen LogP contribution in [0.15, 0.2) is 28.1 Å². The zero-order valence-electron chi connectivity index (χ0n) is 13.9. The van der Waals surface area contributed by atoms with Gasteiger partial charge in [0.2, 0.25) is 0 Å². The zero-order valence-corrected chi connectivity index (χ0v) is 15.4. The molecule has 1 heterocycles. The minimum Gasteiger partial charge on any atom is -0.355 e. The Morgan fingerprint density at radius 3 is 2.76 bits per heavy atom. The van der Waals surface area contributed by atoms with Crippen molar-refractivity contribution < 1.29 is 4.79 Å². The van der Waals surface area contributed by atoms with E-state index in [0.29, 0.717) is 5.70 Å². The van der Waals surface area contributed by atoms with E-state index >= 15 is 0 Å². The minimum absolute atomic E-state index is 0.0142. The van der Waals surface area contributed by atoms with Crippen molar-refractivity contribution in [3.63, 3.8) is 0 Å². The van der Waals surface area contributed by atoms with Crippen LogP contribution in [0.2, 0.25) is 0 Å². The predicted octanol–water partition coefficient (Wildman–Crippen LogP) is 2.81. The molecule has 0 saturated heterocycles. The molecule has 2 aliphatic rings. The monoisotopic (exact) mass is 387 g/mol. The molecule has 0 aromatic heterocycles. The lowest BCUT2D eigenvalue weighted by atomic mass is 10.1. The fourth-order valence-corrected chi connectivity index (χ4v) is 3.52. The Balaban J connectivity index is 2.10. The summed E-state index contributed by atoms with van der Waals surface area (Å²) in [6.45, 7) is -0.0142. The van der Waals surface area contributed by atoms with Crippen molar-refractivity contribution in [1.29, 1.82) is 0 Å². The van der Waals surface area contributed by atoms with E-state index in [1.165, 1.54) is 12.8 Å². The molecule has 1 aliphatic heterocycles. The first-order valence-electron chi connectivity index (χ1n) is 8.37. The lowest BCUT2D eigenvalue weighted by molar-refractivity contribution is -0.131. The van der Waals surface area contributed by atoms with Crippen molar-refractivity contribution in [2.75, 3.05) is 6.54 Å². The van der Waals surface area contributed by atoms with E-state index in [4.69, 9.17) is 34.6 Å². The maximum Gasteiger partial charge on any atom is 0.258 e. The van der Waals surface area contributed by atoms with Gasteiger partial charge in [-0.15, -0.1) is 0 Å². The van der Waals surface area contributed by atoms with Crippen molar-refractivity contribution in [2.45, 2.75) is 56.1 Å². The third-order valence-electron chi connectivity index (χ3n) is 4.33. The molecule has 1 aliphatic carbocycles. The smallest absolute Gasteiger partial charge is 0.258 e. The Labute approximate surface area is 157 Å². The number of alkyl halides is 1. The number of hydrazine groups is 1. The van der Waals surface area contributed by atoms with Crippen molar-refractivity contribution >= 4 is 29.1 Å². The molecule has 1 amide bonds. The van der Waals surface area contributed by atoms with Crippen LogP contribution in [0.25, 0.3) is 10.4 Å². The highest BCUT2D eigenvalue weighted by Gasteiger charge is 2.28. The summed E-state index contributed by atoms with van der Waals surface area (Å²) in [5.41, 5.74) is 8.48. The molecule has 138 valence electrons. The van der Waals surface area contributed by atoms with Crippen LogP contribution in [-0.2, 0) is 4.79 Å². The number of amides is 1. The largest absolute Gasteiger partial charge is 0.355 e. The van der Waals surface area contributed by atoms with Crippen LogP contribution in [0, 0.1) is 0 Å². The lowest BCUT2D eigenvalue weighted by Gasteiger charge is -2.29. The Hall–Kier alpha value is -1.44. The number of nitrogens with one attached hydrogen (secondary N) is 2. The van der Waals surface area contributed by atoms with Crippen LogP contribution >= 0.6 is 23.2 Å². The third-order valence-corrected chi connectivity index (χ3v) is 4.88. The fourth-order valence-electron chi connectivity index (χ4n) is 3.02. The summed E-state index contributed by atoms with van der Waals surface area (Å²) in [6, 6.07) is -0.501. The number of azide groups is 1. The maximum absolute atomic E-state index is 12.8. The molecule has 1 fully saturated rings. The normalized spacial score (nSPS) is 22.6. The highest BCUT2D eigenvalue weighted by Crippen LogP contribution is 2.20. The van der Waals surface area contributed by atoms with Gasteiger partial charge >= 0.3 is 0 Å². The molecule has 2 rings (SSSR count). The molecular weight excluding hydrogens is 365 g/mol. The number of nitrogens with zero attached hydrogens (tertiary/aromatic N) is 4. The van der Waals surface area contributed by atoms with E-state index in [1.807, 2.05) is 0 Å². The van der Waals surface area contributed by atoms with Gasteiger partial charge in [0.1, 0.15) is 10.7 Å². The van der Waals surface area contributed by atoms with E-state index in [2.05, 4.69) is 20.7 Å². The SMILES string of the molecule is [N-]=[N+]=NC[C@@H](NC1CCCCCC1)C(=O)N(N)C1=C(Cl)NC(Cl)C=C1. The quantitative estimate of drug-likeness (QED) is 0.0746. The number of rotatable bonds is 6. The van der Waals surface area contributed by atoms with Crippen LogP contribution in [0.1, 0.15) is 38.5 Å². The standard InChI is InChI=1S/C15H23Cl2N7O/c16-13-8-7-12(14(17)22-13)24(19)15(25)11(9-20-23-18)21-10-5-3-1-2-4-6-10/h7-8,10-11,13,21-22H,1-6,9,19H2/t11-,13?/m1/s1. The number of dihydropyridines is 1. The second-order valence-electron chi connectivity index (χ2n) is 6.13. The number of carbonyl (C=O) groups excluding carboxylic acids is 1. The minimum atomic E-state index is -0.705. The van der Waals surface area contributed by atoms with Gasteiger partial charge in [-0.3, -0.25) is 4.79 Å². The number of halogens is 2. The van der Waals surface area contributed by atoms with E-state index in [0.717, 1.165) is 30.7 Å².